The number of hydrogen-bond acceptors (Lipinski definition) is 7. The minimum Gasteiger partial charge on any atom is -0.490 e. The smallest absolute Gasteiger partial charge is 0.260 e. The van der Waals surface area contributed by atoms with Crippen LogP contribution in [0.3, 0.4) is 0 Å². The van der Waals surface area contributed by atoms with Crippen LogP contribution < -0.4 is 14.4 Å². The van der Waals surface area contributed by atoms with Gasteiger partial charge >= 0.3 is 0 Å². The van der Waals surface area contributed by atoms with Gasteiger partial charge in [-0.05, 0) is 36.4 Å². The number of nitrogens with zero attached hydrogens (tertiary/aromatic N) is 3. The van der Waals surface area contributed by atoms with Crippen molar-refractivity contribution >= 4 is 17.5 Å². The summed E-state index contributed by atoms with van der Waals surface area (Å²) >= 11 is 0. The molecule has 1 atom stereocenters. The molecule has 0 spiro atoms. The highest BCUT2D eigenvalue weighted by Gasteiger charge is 2.42. The molecule has 2 aliphatic heterocycles. The summed E-state index contributed by atoms with van der Waals surface area (Å²) in [5, 5.41) is 0. The molecule has 0 bridgehead atoms. The fourth-order valence-electron chi connectivity index (χ4n) is 4.34. The molecule has 2 saturated heterocycles. The van der Waals surface area contributed by atoms with Gasteiger partial charge in [0.2, 0.25) is 5.91 Å². The first kappa shape index (κ1) is 26.7. The summed E-state index contributed by atoms with van der Waals surface area (Å²) in [6.07, 6.45) is 0.0453. The van der Waals surface area contributed by atoms with E-state index < -0.39 is 5.60 Å². The standard InChI is InChI=1S/C27H34FN3O6/c1-29(2)22-4-3-5-24(16-22)35-18-26(33)31-12-15-37-27(19-31,17-25(32)30-10-13-34-14-11-30)20-36-23-8-6-21(28)7-9-23/h3-9,16H,10-15,17-20H2,1-2H3. The second-order valence-electron chi connectivity index (χ2n) is 9.44. The Labute approximate surface area is 216 Å². The highest BCUT2D eigenvalue weighted by molar-refractivity contribution is 5.79. The van der Waals surface area contributed by atoms with E-state index in [0.717, 1.165) is 5.69 Å². The summed E-state index contributed by atoms with van der Waals surface area (Å²) < 4.78 is 36.5. The molecule has 0 radical (unpaired) electrons. The van der Waals surface area contributed by atoms with Crippen molar-refractivity contribution in [2.24, 2.45) is 0 Å². The van der Waals surface area contributed by atoms with Crippen LogP contribution in [0.5, 0.6) is 11.5 Å². The van der Waals surface area contributed by atoms with E-state index in [-0.39, 0.29) is 50.4 Å². The van der Waals surface area contributed by atoms with E-state index in [2.05, 4.69) is 0 Å². The number of amides is 2. The van der Waals surface area contributed by atoms with Gasteiger partial charge in [-0.25, -0.2) is 4.39 Å². The quantitative estimate of drug-likeness (QED) is 0.507. The minimum atomic E-state index is -1.05. The highest BCUT2D eigenvalue weighted by Crippen LogP contribution is 2.26. The van der Waals surface area contributed by atoms with Crippen LogP contribution in [0.4, 0.5) is 10.1 Å². The fourth-order valence-corrected chi connectivity index (χ4v) is 4.34. The molecule has 4 rings (SSSR count). The maximum absolute atomic E-state index is 13.3. The summed E-state index contributed by atoms with van der Waals surface area (Å²) in [6, 6.07) is 13.2. The summed E-state index contributed by atoms with van der Waals surface area (Å²) in [4.78, 5) is 31.6. The van der Waals surface area contributed by atoms with Crippen LogP contribution in [0.15, 0.2) is 48.5 Å². The first-order valence-electron chi connectivity index (χ1n) is 12.4. The van der Waals surface area contributed by atoms with Crippen molar-refractivity contribution in [3.05, 3.63) is 54.3 Å². The van der Waals surface area contributed by atoms with Gasteiger partial charge < -0.3 is 33.6 Å². The van der Waals surface area contributed by atoms with Crippen LogP contribution >= 0.6 is 0 Å². The molecule has 0 aliphatic carbocycles. The maximum atomic E-state index is 13.3. The number of benzene rings is 2. The predicted molar refractivity (Wildman–Crippen MR) is 135 cm³/mol. The minimum absolute atomic E-state index is 0.0320. The zero-order valence-corrected chi connectivity index (χ0v) is 21.4. The molecule has 0 aromatic heterocycles. The average molecular weight is 516 g/mol. The molecule has 9 nitrogen and oxygen atoms in total. The van der Waals surface area contributed by atoms with E-state index in [1.165, 1.54) is 24.3 Å². The van der Waals surface area contributed by atoms with E-state index in [9.17, 15) is 14.0 Å². The van der Waals surface area contributed by atoms with E-state index in [4.69, 9.17) is 18.9 Å². The fraction of sp³-hybridized carbons (Fsp3) is 0.481. The van der Waals surface area contributed by atoms with Gasteiger partial charge in [-0.15, -0.1) is 0 Å². The van der Waals surface area contributed by atoms with Gasteiger partial charge in [0.15, 0.2) is 6.61 Å². The van der Waals surface area contributed by atoms with Crippen LogP contribution in [-0.4, -0.2) is 101 Å². The molecule has 10 heteroatoms. The molecule has 2 fully saturated rings. The largest absolute Gasteiger partial charge is 0.490 e. The zero-order chi connectivity index (χ0) is 26.3. The molecule has 0 N–H and O–H groups in total. The van der Waals surface area contributed by atoms with Crippen LogP contribution in [-0.2, 0) is 19.1 Å². The number of anilines is 1. The second-order valence-corrected chi connectivity index (χ2v) is 9.44. The molecule has 37 heavy (non-hydrogen) atoms. The zero-order valence-electron chi connectivity index (χ0n) is 21.4. The van der Waals surface area contributed by atoms with Crippen molar-refractivity contribution in [3.8, 4) is 11.5 Å². The summed E-state index contributed by atoms with van der Waals surface area (Å²) in [5.74, 6) is 0.393. The monoisotopic (exact) mass is 515 g/mol. The second kappa shape index (κ2) is 12.2. The normalized spacial score (nSPS) is 19.9. The highest BCUT2D eigenvalue weighted by atomic mass is 19.1. The molecular formula is C27H34FN3O6. The molecule has 0 saturated carbocycles. The lowest BCUT2D eigenvalue weighted by Gasteiger charge is -2.43. The molecular weight excluding hydrogens is 481 g/mol. The Morgan fingerprint density at radius 3 is 2.41 bits per heavy atom. The third kappa shape index (κ3) is 7.33. The third-order valence-corrected chi connectivity index (χ3v) is 6.45. The number of carbonyl (C=O) groups excluding carboxylic acids is 2. The van der Waals surface area contributed by atoms with Gasteiger partial charge in [-0.2, -0.15) is 0 Å². The number of halogens is 1. The Hall–Kier alpha value is -3.37. The van der Waals surface area contributed by atoms with Crippen LogP contribution in [0, 0.1) is 5.82 Å². The number of hydrogen-bond donors (Lipinski definition) is 0. The van der Waals surface area contributed by atoms with Gasteiger partial charge in [-0.3, -0.25) is 9.59 Å². The molecule has 200 valence electrons. The van der Waals surface area contributed by atoms with Crippen LogP contribution in [0.1, 0.15) is 6.42 Å². The Kier molecular flexibility index (Phi) is 8.83. The van der Waals surface area contributed by atoms with E-state index in [0.29, 0.717) is 44.3 Å². The number of ether oxygens (including phenoxy) is 4. The lowest BCUT2D eigenvalue weighted by Crippen LogP contribution is -2.59. The van der Waals surface area contributed by atoms with Crippen molar-refractivity contribution < 1.29 is 32.9 Å². The SMILES string of the molecule is CN(C)c1cccc(OCC(=O)N2CCOC(COc3ccc(F)cc3)(CC(=O)N3CCOCC3)C2)c1. The summed E-state index contributed by atoms with van der Waals surface area (Å²) in [6.45, 7) is 2.70. The van der Waals surface area contributed by atoms with Crippen LogP contribution in [0.25, 0.3) is 0 Å². The first-order valence-corrected chi connectivity index (χ1v) is 12.4. The van der Waals surface area contributed by atoms with Gasteiger partial charge in [0.05, 0.1) is 32.8 Å². The van der Waals surface area contributed by atoms with E-state index in [1.807, 2.05) is 37.2 Å². The topological polar surface area (TPSA) is 80.8 Å². The van der Waals surface area contributed by atoms with Crippen molar-refractivity contribution in [1.82, 2.24) is 9.80 Å². The Morgan fingerprint density at radius 1 is 0.946 bits per heavy atom. The van der Waals surface area contributed by atoms with E-state index >= 15 is 0 Å². The summed E-state index contributed by atoms with van der Waals surface area (Å²) in [5.41, 5.74) is -0.0855. The Morgan fingerprint density at radius 2 is 1.68 bits per heavy atom. The van der Waals surface area contributed by atoms with Crippen molar-refractivity contribution in [1.29, 1.82) is 0 Å². The molecule has 2 heterocycles. The Balaban J connectivity index is 1.44. The molecule has 2 amide bonds. The lowest BCUT2D eigenvalue weighted by atomic mass is 9.96. The third-order valence-electron chi connectivity index (χ3n) is 6.45. The van der Waals surface area contributed by atoms with Crippen molar-refractivity contribution in [3.63, 3.8) is 0 Å². The van der Waals surface area contributed by atoms with Gasteiger partial charge in [0.1, 0.15) is 29.5 Å². The van der Waals surface area contributed by atoms with Crippen molar-refractivity contribution in [2.45, 2.75) is 12.0 Å². The van der Waals surface area contributed by atoms with Crippen molar-refractivity contribution in [2.75, 3.05) is 78.2 Å². The molecule has 2 aromatic rings. The molecule has 1 unspecified atom stereocenters. The maximum Gasteiger partial charge on any atom is 0.260 e. The Bertz CT molecular complexity index is 1060. The predicted octanol–water partition coefficient (Wildman–Crippen LogP) is 2.20. The summed E-state index contributed by atoms with van der Waals surface area (Å²) in [7, 11) is 3.87. The molecule has 2 aliphatic rings. The van der Waals surface area contributed by atoms with Gasteiger partial charge in [-0.1, -0.05) is 6.07 Å². The number of morpholine rings is 2. The van der Waals surface area contributed by atoms with E-state index in [1.54, 1.807) is 15.9 Å². The number of rotatable bonds is 9. The first-order chi connectivity index (χ1) is 17.8. The van der Waals surface area contributed by atoms with Gasteiger partial charge in [0.25, 0.3) is 5.91 Å². The number of carbonyl (C=O) groups is 2. The molecule has 2 aromatic carbocycles. The van der Waals surface area contributed by atoms with Gasteiger partial charge in [0, 0.05) is 45.5 Å². The van der Waals surface area contributed by atoms with Crippen LogP contribution in [0.2, 0.25) is 0 Å². The lowest BCUT2D eigenvalue weighted by molar-refractivity contribution is -0.168. The average Bonchev–Trinajstić information content (AvgIpc) is 2.92.